The molecule has 4 N–H and O–H groups in total. The summed E-state index contributed by atoms with van der Waals surface area (Å²) in [5, 5.41) is 15.8. The number of aromatic nitrogens is 2. The third-order valence-electron chi connectivity index (χ3n) is 6.12. The SMILES string of the molecule is CC(=O)Nc1cc(-c2[nH]c3c(c2Nc2ccccc2)C(=O)CC(CSc2ccc(F)c(O)c2)C3)ccn1. The highest BCUT2D eigenvalue weighted by Crippen LogP contribution is 2.41. The third-order valence-corrected chi connectivity index (χ3v) is 7.35. The second-order valence-electron chi connectivity index (χ2n) is 8.95. The highest BCUT2D eigenvalue weighted by atomic mass is 32.2. The van der Waals surface area contributed by atoms with Crippen LogP contribution in [-0.2, 0) is 11.2 Å². The minimum Gasteiger partial charge on any atom is -0.505 e. The van der Waals surface area contributed by atoms with Crippen LogP contribution in [0.15, 0.2) is 71.8 Å². The molecule has 4 aromatic rings. The van der Waals surface area contributed by atoms with E-state index in [0.29, 0.717) is 35.7 Å². The van der Waals surface area contributed by atoms with Crippen LogP contribution in [0, 0.1) is 11.7 Å². The number of hydrogen-bond donors (Lipinski definition) is 4. The normalized spacial score (nSPS) is 14.8. The van der Waals surface area contributed by atoms with Crippen LogP contribution in [0.1, 0.15) is 29.4 Å². The highest BCUT2D eigenvalue weighted by Gasteiger charge is 2.32. The molecule has 37 heavy (non-hydrogen) atoms. The third kappa shape index (κ3) is 5.51. The Hall–Kier alpha value is -4.11. The first-order valence-electron chi connectivity index (χ1n) is 11.8. The van der Waals surface area contributed by atoms with E-state index in [0.717, 1.165) is 27.5 Å². The standard InChI is InChI=1S/C28H25FN4O3S/c1-16(34)31-25-13-18(9-10-30-25)27-28(32-19-5-3-2-4-6-19)26-22(33-27)11-17(12-24(26)36)15-37-20-7-8-21(29)23(35)14-20/h2-10,13-14,17,32-33,35H,11-12,15H2,1H3,(H,30,31,34). The zero-order chi connectivity index (χ0) is 25.9. The van der Waals surface area contributed by atoms with Gasteiger partial charge in [-0.1, -0.05) is 18.2 Å². The minimum absolute atomic E-state index is 0.0332. The van der Waals surface area contributed by atoms with Crippen molar-refractivity contribution < 1.29 is 19.1 Å². The van der Waals surface area contributed by atoms with Gasteiger partial charge in [-0.25, -0.2) is 9.37 Å². The molecule has 0 bridgehead atoms. The maximum atomic E-state index is 13.4. The molecule has 5 rings (SSSR count). The lowest BCUT2D eigenvalue weighted by atomic mass is 9.87. The lowest BCUT2D eigenvalue weighted by molar-refractivity contribution is -0.114. The number of carbonyl (C=O) groups excluding carboxylic acids is 2. The number of nitrogens with zero attached hydrogens (tertiary/aromatic N) is 1. The number of aromatic amines is 1. The molecule has 1 aliphatic carbocycles. The lowest BCUT2D eigenvalue weighted by Gasteiger charge is -2.22. The monoisotopic (exact) mass is 516 g/mol. The predicted molar refractivity (Wildman–Crippen MR) is 143 cm³/mol. The second kappa shape index (κ2) is 10.5. The lowest BCUT2D eigenvalue weighted by Crippen LogP contribution is -2.21. The number of hydrogen-bond acceptors (Lipinski definition) is 6. The van der Waals surface area contributed by atoms with Crippen molar-refractivity contribution in [1.82, 2.24) is 9.97 Å². The van der Waals surface area contributed by atoms with E-state index >= 15 is 0 Å². The van der Waals surface area contributed by atoms with Gasteiger partial charge in [0.2, 0.25) is 5.91 Å². The van der Waals surface area contributed by atoms with E-state index in [-0.39, 0.29) is 23.4 Å². The first kappa shape index (κ1) is 24.6. The van der Waals surface area contributed by atoms with Gasteiger partial charge in [0, 0.05) is 47.1 Å². The summed E-state index contributed by atoms with van der Waals surface area (Å²) in [4.78, 5) is 33.4. The number of carbonyl (C=O) groups is 2. The largest absolute Gasteiger partial charge is 0.505 e. The number of ketones is 1. The summed E-state index contributed by atoms with van der Waals surface area (Å²) in [6, 6.07) is 17.5. The maximum Gasteiger partial charge on any atom is 0.222 e. The van der Waals surface area contributed by atoms with Crippen LogP contribution in [0.4, 0.5) is 21.6 Å². The number of pyridine rings is 1. The molecule has 7 nitrogen and oxygen atoms in total. The Morgan fingerprint density at radius 1 is 1.16 bits per heavy atom. The highest BCUT2D eigenvalue weighted by molar-refractivity contribution is 7.99. The summed E-state index contributed by atoms with van der Waals surface area (Å²) >= 11 is 1.49. The molecule has 2 heterocycles. The number of phenols is 1. The van der Waals surface area contributed by atoms with E-state index < -0.39 is 5.82 Å². The summed E-state index contributed by atoms with van der Waals surface area (Å²) < 4.78 is 13.4. The van der Waals surface area contributed by atoms with Gasteiger partial charge >= 0.3 is 0 Å². The van der Waals surface area contributed by atoms with E-state index in [1.807, 2.05) is 36.4 Å². The Morgan fingerprint density at radius 3 is 2.73 bits per heavy atom. The van der Waals surface area contributed by atoms with E-state index in [9.17, 15) is 19.1 Å². The molecule has 0 fully saturated rings. The number of anilines is 3. The van der Waals surface area contributed by atoms with E-state index in [1.165, 1.54) is 30.8 Å². The van der Waals surface area contributed by atoms with Crippen molar-refractivity contribution in [3.05, 3.63) is 83.9 Å². The molecule has 1 aliphatic rings. The maximum absolute atomic E-state index is 13.4. The molecule has 1 amide bonds. The predicted octanol–water partition coefficient (Wildman–Crippen LogP) is 6.16. The van der Waals surface area contributed by atoms with Gasteiger partial charge in [0.25, 0.3) is 0 Å². The molecule has 0 aliphatic heterocycles. The molecule has 0 saturated carbocycles. The van der Waals surface area contributed by atoms with Crippen LogP contribution in [0.5, 0.6) is 5.75 Å². The first-order chi connectivity index (χ1) is 17.9. The number of amides is 1. The van der Waals surface area contributed by atoms with Gasteiger partial charge in [0.1, 0.15) is 5.82 Å². The van der Waals surface area contributed by atoms with Crippen LogP contribution in [-0.4, -0.2) is 32.5 Å². The van der Waals surface area contributed by atoms with Gasteiger partial charge in [-0.05, 0) is 54.8 Å². The molecule has 9 heteroatoms. The Balaban J connectivity index is 1.47. The van der Waals surface area contributed by atoms with E-state index in [2.05, 4.69) is 20.6 Å². The van der Waals surface area contributed by atoms with Crippen molar-refractivity contribution in [1.29, 1.82) is 0 Å². The number of Topliss-reactive ketones (excluding diaryl/α,β-unsaturated/α-hetero) is 1. The average Bonchev–Trinajstić information content (AvgIpc) is 3.24. The van der Waals surface area contributed by atoms with Crippen LogP contribution in [0.2, 0.25) is 0 Å². The molecular formula is C28H25FN4O3S. The average molecular weight is 517 g/mol. The smallest absolute Gasteiger partial charge is 0.222 e. The molecule has 1 atom stereocenters. The van der Waals surface area contributed by atoms with Crippen molar-refractivity contribution in [2.24, 2.45) is 5.92 Å². The molecule has 188 valence electrons. The van der Waals surface area contributed by atoms with Crippen molar-refractivity contribution in [2.75, 3.05) is 16.4 Å². The van der Waals surface area contributed by atoms with Gasteiger partial charge in [-0.15, -0.1) is 11.8 Å². The van der Waals surface area contributed by atoms with Gasteiger partial charge in [-0.3, -0.25) is 9.59 Å². The zero-order valence-electron chi connectivity index (χ0n) is 20.0. The molecule has 0 radical (unpaired) electrons. The van der Waals surface area contributed by atoms with Crippen LogP contribution in [0.25, 0.3) is 11.3 Å². The zero-order valence-corrected chi connectivity index (χ0v) is 20.9. The summed E-state index contributed by atoms with van der Waals surface area (Å²) in [6.45, 7) is 1.42. The van der Waals surface area contributed by atoms with Gasteiger partial charge in [-0.2, -0.15) is 0 Å². The Morgan fingerprint density at radius 2 is 1.97 bits per heavy atom. The topological polar surface area (TPSA) is 107 Å². The van der Waals surface area contributed by atoms with E-state index in [4.69, 9.17) is 0 Å². The summed E-state index contributed by atoms with van der Waals surface area (Å²) in [7, 11) is 0. The fraction of sp³-hybridized carbons (Fsp3) is 0.179. The van der Waals surface area contributed by atoms with Gasteiger partial charge < -0.3 is 20.7 Å². The van der Waals surface area contributed by atoms with E-state index in [1.54, 1.807) is 18.3 Å². The van der Waals surface area contributed by atoms with Crippen LogP contribution in [0.3, 0.4) is 0 Å². The number of para-hydroxylation sites is 1. The number of fused-ring (bicyclic) bond motifs is 1. The number of phenolic OH excluding ortho intramolecular Hbond substituents is 1. The summed E-state index contributed by atoms with van der Waals surface area (Å²) in [5.74, 6) is -0.0832. The molecule has 2 aromatic heterocycles. The van der Waals surface area contributed by atoms with Crippen molar-refractivity contribution >= 4 is 40.6 Å². The second-order valence-corrected chi connectivity index (χ2v) is 10.0. The Bertz CT molecular complexity index is 1470. The summed E-state index contributed by atoms with van der Waals surface area (Å²) in [6.07, 6.45) is 2.65. The number of benzene rings is 2. The summed E-state index contributed by atoms with van der Waals surface area (Å²) in [5.41, 5.74) is 4.55. The Labute approximate surface area is 217 Å². The van der Waals surface area contributed by atoms with Crippen LogP contribution >= 0.6 is 11.8 Å². The molecule has 0 saturated heterocycles. The number of nitrogens with one attached hydrogen (secondary N) is 3. The Kier molecular flexibility index (Phi) is 6.96. The number of thioether (sulfide) groups is 1. The number of aromatic hydroxyl groups is 1. The van der Waals surface area contributed by atoms with Crippen molar-refractivity contribution in [3.8, 4) is 17.0 Å². The van der Waals surface area contributed by atoms with Crippen LogP contribution < -0.4 is 10.6 Å². The minimum atomic E-state index is -0.656. The first-order valence-corrected chi connectivity index (χ1v) is 12.8. The van der Waals surface area contributed by atoms with Crippen molar-refractivity contribution in [3.63, 3.8) is 0 Å². The van der Waals surface area contributed by atoms with Gasteiger partial charge in [0.05, 0.1) is 16.9 Å². The number of H-pyrrole nitrogens is 1. The molecule has 2 aromatic carbocycles. The fourth-order valence-electron chi connectivity index (χ4n) is 4.49. The molecular weight excluding hydrogens is 491 g/mol. The van der Waals surface area contributed by atoms with Crippen molar-refractivity contribution in [2.45, 2.75) is 24.7 Å². The molecule has 1 unspecified atom stereocenters. The number of halogens is 1. The van der Waals surface area contributed by atoms with Gasteiger partial charge in [0.15, 0.2) is 17.3 Å². The number of rotatable bonds is 7. The fourth-order valence-corrected chi connectivity index (χ4v) is 5.52. The molecule has 0 spiro atoms. The quantitative estimate of drug-likeness (QED) is 0.219.